The third kappa shape index (κ3) is 6.79. The normalized spacial score (nSPS) is 13.8. The number of benzene rings is 1. The molecule has 1 heterocycles. The Morgan fingerprint density at radius 2 is 2.07 bits per heavy atom. The summed E-state index contributed by atoms with van der Waals surface area (Å²) in [6.07, 6.45) is 2.70. The zero-order valence-corrected chi connectivity index (χ0v) is 17.3. The van der Waals surface area contributed by atoms with Gasteiger partial charge < -0.3 is 15.4 Å². The Balaban J connectivity index is 1.59. The van der Waals surface area contributed by atoms with Crippen molar-refractivity contribution in [2.45, 2.75) is 39.0 Å². The van der Waals surface area contributed by atoms with Gasteiger partial charge in [-0.1, -0.05) is 0 Å². The summed E-state index contributed by atoms with van der Waals surface area (Å²) >= 11 is 0. The van der Waals surface area contributed by atoms with E-state index >= 15 is 0 Å². The Bertz CT molecular complexity index is 795. The number of sulfonamides is 1. The summed E-state index contributed by atoms with van der Waals surface area (Å²) in [7, 11) is -1.62. The topological polar surface area (TPSA) is 105 Å². The molecule has 0 unspecified atom stereocenters. The van der Waals surface area contributed by atoms with Crippen LogP contribution in [0.15, 0.2) is 18.2 Å². The monoisotopic (exact) mass is 411 g/mol. The summed E-state index contributed by atoms with van der Waals surface area (Å²) in [5.41, 5.74) is 1.89. The number of carbonyl (C=O) groups excluding carboxylic acids is 2. The summed E-state index contributed by atoms with van der Waals surface area (Å²) in [6, 6.07) is 5.57. The van der Waals surface area contributed by atoms with E-state index < -0.39 is 10.0 Å². The number of amides is 2. The van der Waals surface area contributed by atoms with Gasteiger partial charge in [0.05, 0.1) is 12.4 Å². The minimum atomic E-state index is -3.17. The van der Waals surface area contributed by atoms with E-state index in [1.54, 1.807) is 14.0 Å². The van der Waals surface area contributed by atoms with Crippen LogP contribution >= 0.6 is 0 Å². The van der Waals surface area contributed by atoms with Gasteiger partial charge in [0.1, 0.15) is 5.75 Å². The van der Waals surface area contributed by atoms with Crippen LogP contribution in [0.4, 0.5) is 5.69 Å². The lowest BCUT2D eigenvalue weighted by molar-refractivity contribution is -0.121. The maximum Gasteiger partial charge on any atom is 0.224 e. The number of hydrogen-bond acceptors (Lipinski definition) is 5. The second-order valence-corrected chi connectivity index (χ2v) is 9.11. The predicted octanol–water partition coefficient (Wildman–Crippen LogP) is 1.52. The first-order valence-electron chi connectivity index (χ1n) is 9.58. The van der Waals surface area contributed by atoms with E-state index in [2.05, 4.69) is 10.6 Å². The fourth-order valence-corrected chi connectivity index (χ4v) is 3.70. The van der Waals surface area contributed by atoms with Crippen LogP contribution < -0.4 is 15.4 Å². The van der Waals surface area contributed by atoms with Crippen molar-refractivity contribution in [1.82, 2.24) is 9.62 Å². The molecule has 0 spiro atoms. The van der Waals surface area contributed by atoms with Gasteiger partial charge in [-0.3, -0.25) is 9.59 Å². The van der Waals surface area contributed by atoms with E-state index in [1.807, 2.05) is 18.2 Å². The Morgan fingerprint density at radius 1 is 1.29 bits per heavy atom. The first kappa shape index (κ1) is 22.2. The molecule has 28 heavy (non-hydrogen) atoms. The SMILES string of the molecule is CCS(=O)(=O)N(C)CCCNC(=O)CCCOc1ccc2c(c1)CCC(=O)N2. The number of nitrogens with zero attached hydrogens (tertiary/aromatic N) is 1. The fourth-order valence-electron chi connectivity index (χ4n) is 2.85. The van der Waals surface area contributed by atoms with E-state index in [0.29, 0.717) is 51.8 Å². The van der Waals surface area contributed by atoms with Crippen molar-refractivity contribution in [3.63, 3.8) is 0 Å². The lowest BCUT2D eigenvalue weighted by Crippen LogP contribution is -2.32. The predicted molar refractivity (Wildman–Crippen MR) is 108 cm³/mol. The third-order valence-electron chi connectivity index (χ3n) is 4.60. The molecule has 1 aliphatic heterocycles. The molecule has 0 fully saturated rings. The highest BCUT2D eigenvalue weighted by atomic mass is 32.2. The van der Waals surface area contributed by atoms with E-state index in [9.17, 15) is 18.0 Å². The molecule has 9 heteroatoms. The number of nitrogens with one attached hydrogen (secondary N) is 2. The molecular formula is C19H29N3O5S. The first-order chi connectivity index (χ1) is 13.3. The van der Waals surface area contributed by atoms with Gasteiger partial charge in [-0.05, 0) is 49.9 Å². The van der Waals surface area contributed by atoms with Crippen LogP contribution in [0.25, 0.3) is 0 Å². The van der Waals surface area contributed by atoms with Crippen molar-refractivity contribution in [2.75, 3.05) is 37.8 Å². The van der Waals surface area contributed by atoms with E-state index in [0.717, 1.165) is 17.0 Å². The minimum absolute atomic E-state index is 0.0332. The molecule has 0 saturated heterocycles. The highest BCUT2D eigenvalue weighted by Crippen LogP contribution is 2.26. The summed E-state index contributed by atoms with van der Waals surface area (Å²) in [4.78, 5) is 23.2. The van der Waals surface area contributed by atoms with Crippen molar-refractivity contribution in [1.29, 1.82) is 0 Å². The van der Waals surface area contributed by atoms with Crippen molar-refractivity contribution in [3.05, 3.63) is 23.8 Å². The molecule has 0 radical (unpaired) electrons. The molecule has 156 valence electrons. The molecule has 1 aromatic carbocycles. The second kappa shape index (κ2) is 10.4. The van der Waals surface area contributed by atoms with Crippen LogP contribution in [0.2, 0.25) is 0 Å². The van der Waals surface area contributed by atoms with Gasteiger partial charge in [0.25, 0.3) is 0 Å². The van der Waals surface area contributed by atoms with Crippen LogP contribution in [0.5, 0.6) is 5.75 Å². The van der Waals surface area contributed by atoms with Gasteiger partial charge in [-0.2, -0.15) is 0 Å². The lowest BCUT2D eigenvalue weighted by atomic mass is 10.0. The van der Waals surface area contributed by atoms with Gasteiger partial charge in [0, 0.05) is 38.7 Å². The minimum Gasteiger partial charge on any atom is -0.494 e. The van der Waals surface area contributed by atoms with Crippen molar-refractivity contribution >= 4 is 27.5 Å². The number of hydrogen-bond donors (Lipinski definition) is 2. The van der Waals surface area contributed by atoms with E-state index in [1.165, 1.54) is 4.31 Å². The molecule has 0 aromatic heterocycles. The largest absolute Gasteiger partial charge is 0.494 e. The van der Waals surface area contributed by atoms with Gasteiger partial charge >= 0.3 is 0 Å². The average molecular weight is 412 g/mol. The summed E-state index contributed by atoms with van der Waals surface area (Å²) in [6.45, 7) is 2.87. The van der Waals surface area contributed by atoms with E-state index in [-0.39, 0.29) is 17.6 Å². The molecule has 0 saturated carbocycles. The summed E-state index contributed by atoms with van der Waals surface area (Å²) in [5, 5.41) is 5.62. The zero-order valence-electron chi connectivity index (χ0n) is 16.5. The van der Waals surface area contributed by atoms with Crippen LogP contribution in [-0.4, -0.2) is 57.0 Å². The maximum absolute atomic E-state index is 11.8. The molecule has 1 aliphatic rings. The molecule has 2 rings (SSSR count). The number of aryl methyl sites for hydroxylation is 1. The number of fused-ring (bicyclic) bond motifs is 1. The second-order valence-electron chi connectivity index (χ2n) is 6.74. The zero-order chi connectivity index (χ0) is 20.6. The smallest absolute Gasteiger partial charge is 0.224 e. The van der Waals surface area contributed by atoms with Crippen LogP contribution in [-0.2, 0) is 26.0 Å². The maximum atomic E-state index is 11.8. The molecule has 2 amide bonds. The summed E-state index contributed by atoms with van der Waals surface area (Å²) < 4.78 is 30.2. The van der Waals surface area contributed by atoms with Crippen LogP contribution in [0.3, 0.4) is 0 Å². The molecule has 0 aliphatic carbocycles. The Hall–Kier alpha value is -2.13. The molecule has 1 aromatic rings. The number of anilines is 1. The average Bonchev–Trinajstić information content (AvgIpc) is 2.68. The quantitative estimate of drug-likeness (QED) is 0.537. The molecule has 8 nitrogen and oxygen atoms in total. The number of ether oxygens (including phenoxy) is 1. The van der Waals surface area contributed by atoms with Gasteiger partial charge in [0.2, 0.25) is 21.8 Å². The van der Waals surface area contributed by atoms with Crippen LogP contribution in [0, 0.1) is 0 Å². The van der Waals surface area contributed by atoms with Crippen molar-refractivity contribution in [2.24, 2.45) is 0 Å². The van der Waals surface area contributed by atoms with Gasteiger partial charge in [-0.15, -0.1) is 0 Å². The Labute approximate surface area is 166 Å². The highest BCUT2D eigenvalue weighted by molar-refractivity contribution is 7.89. The number of rotatable bonds is 11. The van der Waals surface area contributed by atoms with Gasteiger partial charge in [0.15, 0.2) is 0 Å². The first-order valence-corrected chi connectivity index (χ1v) is 11.2. The third-order valence-corrected chi connectivity index (χ3v) is 6.46. The van der Waals surface area contributed by atoms with Crippen molar-refractivity contribution < 1.29 is 22.7 Å². The fraction of sp³-hybridized carbons (Fsp3) is 0.579. The highest BCUT2D eigenvalue weighted by Gasteiger charge is 2.15. The van der Waals surface area contributed by atoms with Gasteiger partial charge in [-0.25, -0.2) is 12.7 Å². The summed E-state index contributed by atoms with van der Waals surface area (Å²) in [5.74, 6) is 0.772. The molecule has 2 N–H and O–H groups in total. The Morgan fingerprint density at radius 3 is 2.82 bits per heavy atom. The Kier molecular flexibility index (Phi) is 8.25. The van der Waals surface area contributed by atoms with E-state index in [4.69, 9.17) is 4.74 Å². The molecular weight excluding hydrogens is 382 g/mol. The van der Waals surface area contributed by atoms with Crippen LogP contribution in [0.1, 0.15) is 38.2 Å². The standard InChI is InChI=1S/C19H29N3O5S/c1-3-28(25,26)22(2)12-5-11-20-18(23)6-4-13-27-16-8-9-17-15(14-16)7-10-19(24)21-17/h8-9,14H,3-7,10-13H2,1-2H3,(H,20,23)(H,21,24). The molecule has 0 bridgehead atoms. The number of carbonyl (C=O) groups is 2. The lowest BCUT2D eigenvalue weighted by Gasteiger charge is -2.17. The molecule has 0 atom stereocenters. The van der Waals surface area contributed by atoms with Crippen molar-refractivity contribution in [3.8, 4) is 5.75 Å².